The first-order valence-corrected chi connectivity index (χ1v) is 7.92. The van der Waals surface area contributed by atoms with Crippen molar-refractivity contribution in [3.05, 3.63) is 35.9 Å². The number of carbonyl (C=O) groups is 1. The Morgan fingerprint density at radius 2 is 2.05 bits per heavy atom. The van der Waals surface area contributed by atoms with Gasteiger partial charge in [-0.15, -0.1) is 0 Å². The Morgan fingerprint density at radius 1 is 1.38 bits per heavy atom. The summed E-state index contributed by atoms with van der Waals surface area (Å²) in [5.41, 5.74) is 0.883. The highest BCUT2D eigenvalue weighted by Crippen LogP contribution is 2.43. The molecule has 3 atom stereocenters. The van der Waals surface area contributed by atoms with Crippen LogP contribution in [-0.4, -0.2) is 17.6 Å². The highest BCUT2D eigenvalue weighted by Gasteiger charge is 2.41. The van der Waals surface area contributed by atoms with Gasteiger partial charge in [0.05, 0.1) is 6.10 Å². The third-order valence-electron chi connectivity index (χ3n) is 4.83. The fraction of sp³-hybridized carbons (Fsp3) is 0.611. The second kappa shape index (κ2) is 6.61. The van der Waals surface area contributed by atoms with Crippen LogP contribution in [0.2, 0.25) is 0 Å². The summed E-state index contributed by atoms with van der Waals surface area (Å²) < 4.78 is 0. The van der Waals surface area contributed by atoms with E-state index in [1.165, 1.54) is 6.42 Å². The molecule has 3 nitrogen and oxygen atoms in total. The van der Waals surface area contributed by atoms with E-state index in [0.29, 0.717) is 5.92 Å². The number of carbonyl (C=O) groups excluding carboxylic acids is 1. The van der Waals surface area contributed by atoms with Gasteiger partial charge >= 0.3 is 0 Å². The maximum Gasteiger partial charge on any atom is 0.224 e. The lowest BCUT2D eigenvalue weighted by Crippen LogP contribution is -2.45. The molecule has 0 saturated heterocycles. The summed E-state index contributed by atoms with van der Waals surface area (Å²) in [5, 5.41) is 13.1. The molecule has 0 aromatic heterocycles. The molecule has 0 heterocycles. The molecule has 3 unspecified atom stereocenters. The van der Waals surface area contributed by atoms with Crippen LogP contribution in [0.15, 0.2) is 30.3 Å². The third-order valence-corrected chi connectivity index (χ3v) is 4.83. The van der Waals surface area contributed by atoms with Crippen LogP contribution in [0.25, 0.3) is 0 Å². The van der Waals surface area contributed by atoms with Gasteiger partial charge in [-0.1, -0.05) is 57.5 Å². The molecule has 0 spiro atoms. The quantitative estimate of drug-likeness (QED) is 0.893. The standard InChI is InChI=1S/C18H27NO2/c1-13-8-7-11-18(2,3)16(13)17(21)19-12-15(20)14-9-5-4-6-10-14/h4-6,9-10,13,15-16,20H,7-8,11-12H2,1-3H3,(H,19,21). The first kappa shape index (κ1) is 16.0. The van der Waals surface area contributed by atoms with E-state index >= 15 is 0 Å². The van der Waals surface area contributed by atoms with E-state index in [-0.39, 0.29) is 23.8 Å². The molecule has 1 fully saturated rings. The number of benzene rings is 1. The Kier molecular flexibility index (Phi) is 5.04. The summed E-state index contributed by atoms with van der Waals surface area (Å²) in [7, 11) is 0. The van der Waals surface area contributed by atoms with E-state index in [9.17, 15) is 9.90 Å². The Bertz CT molecular complexity index is 469. The summed E-state index contributed by atoms with van der Waals surface area (Å²) in [5.74, 6) is 0.527. The third kappa shape index (κ3) is 3.85. The molecule has 2 N–H and O–H groups in total. The van der Waals surface area contributed by atoms with Gasteiger partial charge in [-0.25, -0.2) is 0 Å². The zero-order valence-corrected chi connectivity index (χ0v) is 13.3. The number of aliphatic hydroxyl groups is 1. The van der Waals surface area contributed by atoms with Crippen LogP contribution in [0.5, 0.6) is 0 Å². The van der Waals surface area contributed by atoms with Crippen molar-refractivity contribution in [3.8, 4) is 0 Å². The minimum atomic E-state index is -0.642. The molecule has 0 radical (unpaired) electrons. The van der Waals surface area contributed by atoms with Gasteiger partial charge in [-0.2, -0.15) is 0 Å². The van der Waals surface area contributed by atoms with Gasteiger partial charge in [0.2, 0.25) is 5.91 Å². The maximum atomic E-state index is 12.5. The van der Waals surface area contributed by atoms with Gasteiger partial charge in [-0.3, -0.25) is 4.79 Å². The minimum Gasteiger partial charge on any atom is -0.387 e. The van der Waals surface area contributed by atoms with Crippen LogP contribution < -0.4 is 5.32 Å². The van der Waals surface area contributed by atoms with Crippen molar-refractivity contribution in [3.63, 3.8) is 0 Å². The molecule has 1 amide bonds. The normalized spacial score (nSPS) is 26.1. The van der Waals surface area contributed by atoms with E-state index in [1.807, 2.05) is 30.3 Å². The van der Waals surface area contributed by atoms with Crippen LogP contribution in [-0.2, 0) is 4.79 Å². The SMILES string of the molecule is CC1CCCC(C)(C)C1C(=O)NCC(O)c1ccccc1. The van der Waals surface area contributed by atoms with E-state index in [2.05, 4.69) is 26.1 Å². The largest absolute Gasteiger partial charge is 0.387 e. The van der Waals surface area contributed by atoms with Crippen LogP contribution in [0.4, 0.5) is 0 Å². The molecular weight excluding hydrogens is 262 g/mol. The highest BCUT2D eigenvalue weighted by atomic mass is 16.3. The second-order valence-corrected chi connectivity index (χ2v) is 7.01. The molecular formula is C18H27NO2. The molecule has 0 bridgehead atoms. The first-order chi connectivity index (χ1) is 9.92. The van der Waals surface area contributed by atoms with Gasteiger partial charge in [-0.05, 0) is 29.7 Å². The molecule has 1 saturated carbocycles. The Hall–Kier alpha value is -1.35. The lowest BCUT2D eigenvalue weighted by Gasteiger charge is -2.41. The zero-order valence-electron chi connectivity index (χ0n) is 13.3. The fourth-order valence-electron chi connectivity index (χ4n) is 3.69. The van der Waals surface area contributed by atoms with Crippen LogP contribution >= 0.6 is 0 Å². The number of rotatable bonds is 4. The van der Waals surface area contributed by atoms with E-state index < -0.39 is 6.10 Å². The number of hydrogen-bond acceptors (Lipinski definition) is 2. The van der Waals surface area contributed by atoms with Gasteiger partial charge in [0.25, 0.3) is 0 Å². The lowest BCUT2D eigenvalue weighted by atomic mass is 9.64. The maximum absolute atomic E-state index is 12.5. The molecule has 1 aromatic carbocycles. The monoisotopic (exact) mass is 289 g/mol. The van der Waals surface area contributed by atoms with Crippen LogP contribution in [0.3, 0.4) is 0 Å². The van der Waals surface area contributed by atoms with Crippen molar-refractivity contribution in [2.75, 3.05) is 6.54 Å². The molecule has 1 aliphatic carbocycles. The Morgan fingerprint density at radius 3 is 2.67 bits per heavy atom. The Balaban J connectivity index is 1.95. The summed E-state index contributed by atoms with van der Waals surface area (Å²) in [6.07, 6.45) is 2.77. The average Bonchev–Trinajstić information content (AvgIpc) is 2.44. The lowest BCUT2D eigenvalue weighted by molar-refractivity contribution is -0.133. The average molecular weight is 289 g/mol. The van der Waals surface area contributed by atoms with Crippen molar-refractivity contribution in [1.29, 1.82) is 0 Å². The van der Waals surface area contributed by atoms with Crippen molar-refractivity contribution in [1.82, 2.24) is 5.32 Å². The molecule has 0 aliphatic heterocycles. The van der Waals surface area contributed by atoms with Gasteiger partial charge in [0.15, 0.2) is 0 Å². The number of hydrogen-bond donors (Lipinski definition) is 2. The summed E-state index contributed by atoms with van der Waals surface area (Å²) in [6.45, 7) is 6.81. The smallest absolute Gasteiger partial charge is 0.224 e. The molecule has 1 aliphatic rings. The number of nitrogens with one attached hydrogen (secondary N) is 1. The van der Waals surface area contributed by atoms with Crippen molar-refractivity contribution >= 4 is 5.91 Å². The van der Waals surface area contributed by atoms with Crippen LogP contribution in [0, 0.1) is 17.3 Å². The molecule has 1 aromatic rings. The first-order valence-electron chi connectivity index (χ1n) is 7.92. The predicted octanol–water partition coefficient (Wildman–Crippen LogP) is 3.30. The predicted molar refractivity (Wildman–Crippen MR) is 84.7 cm³/mol. The number of amides is 1. The van der Waals surface area contributed by atoms with Gasteiger partial charge in [0, 0.05) is 12.5 Å². The topological polar surface area (TPSA) is 49.3 Å². The number of aliphatic hydroxyl groups excluding tert-OH is 1. The Labute approximate surface area is 127 Å². The van der Waals surface area contributed by atoms with Gasteiger partial charge in [0.1, 0.15) is 0 Å². The van der Waals surface area contributed by atoms with Crippen molar-refractivity contribution in [2.45, 2.75) is 46.1 Å². The molecule has 2 rings (SSSR count). The zero-order chi connectivity index (χ0) is 15.5. The summed E-state index contributed by atoms with van der Waals surface area (Å²) >= 11 is 0. The highest BCUT2D eigenvalue weighted by molar-refractivity contribution is 5.79. The van der Waals surface area contributed by atoms with E-state index in [1.54, 1.807) is 0 Å². The van der Waals surface area contributed by atoms with E-state index in [0.717, 1.165) is 18.4 Å². The minimum absolute atomic E-state index is 0.0363. The van der Waals surface area contributed by atoms with Gasteiger partial charge < -0.3 is 10.4 Å². The second-order valence-electron chi connectivity index (χ2n) is 7.01. The van der Waals surface area contributed by atoms with E-state index in [4.69, 9.17) is 0 Å². The van der Waals surface area contributed by atoms with Crippen molar-refractivity contribution in [2.24, 2.45) is 17.3 Å². The molecule has 21 heavy (non-hydrogen) atoms. The molecule has 116 valence electrons. The fourth-order valence-corrected chi connectivity index (χ4v) is 3.69. The summed E-state index contributed by atoms with van der Waals surface area (Å²) in [4.78, 5) is 12.5. The summed E-state index contributed by atoms with van der Waals surface area (Å²) in [6, 6.07) is 9.47. The molecule has 3 heteroatoms. The van der Waals surface area contributed by atoms with Crippen molar-refractivity contribution < 1.29 is 9.90 Å². The van der Waals surface area contributed by atoms with Crippen LogP contribution in [0.1, 0.15) is 51.7 Å².